The zero-order valence-electron chi connectivity index (χ0n) is 6.25. The van der Waals surface area contributed by atoms with Gasteiger partial charge in [-0.25, -0.2) is 13.7 Å². The summed E-state index contributed by atoms with van der Waals surface area (Å²) in [4.78, 5) is 25.9. The zero-order chi connectivity index (χ0) is 11.0. The lowest BCUT2D eigenvalue weighted by Gasteiger charge is -2.21. The standard InChI is InChI=1S/BH4O10P3/c2-12(3)8-1-9-13(4,5)11-14(6,7)10-12/h1H,(H,2,3)(H,4,5)(H,6,7). The number of hydrogen-bond donors (Lipinski definition) is 3. The monoisotopic (exact) mass is 268 g/mol. The van der Waals surface area contributed by atoms with E-state index in [0.29, 0.717) is 0 Å². The van der Waals surface area contributed by atoms with Crippen LogP contribution >= 0.6 is 23.5 Å². The largest absolute Gasteiger partial charge is 0.489 e. The maximum atomic E-state index is 10.7. The summed E-state index contributed by atoms with van der Waals surface area (Å²) in [5, 5.41) is 0. The average Bonchev–Trinajstić information content (AvgIpc) is 1.75. The molecule has 0 aromatic heterocycles. The van der Waals surface area contributed by atoms with Crippen molar-refractivity contribution >= 4 is 31.2 Å². The molecule has 0 aromatic rings. The highest BCUT2D eigenvalue weighted by atomic mass is 31.3. The van der Waals surface area contributed by atoms with Crippen LogP contribution in [-0.2, 0) is 31.2 Å². The third-order valence-corrected chi connectivity index (χ3v) is 5.01. The summed E-state index contributed by atoms with van der Waals surface area (Å²) < 4.78 is 46.9. The Hall–Kier alpha value is 0.475. The Morgan fingerprint density at radius 2 is 1.14 bits per heavy atom. The second kappa shape index (κ2) is 3.81. The summed E-state index contributed by atoms with van der Waals surface area (Å²) >= 11 is 0. The van der Waals surface area contributed by atoms with Crippen LogP contribution in [0.2, 0.25) is 0 Å². The molecule has 0 spiro atoms. The van der Waals surface area contributed by atoms with Gasteiger partial charge in [-0.15, -0.1) is 0 Å². The Kier molecular flexibility index (Phi) is 3.41. The van der Waals surface area contributed by atoms with E-state index in [1.54, 1.807) is 0 Å². The molecule has 1 heterocycles. The normalized spacial score (nSPS) is 50.2. The summed E-state index contributed by atoms with van der Waals surface area (Å²) in [6.07, 6.45) is 0. The van der Waals surface area contributed by atoms with E-state index in [0.717, 1.165) is 0 Å². The second-order valence-corrected chi connectivity index (χ2v) is 6.58. The smallest absolute Gasteiger partial charge is 0.321 e. The van der Waals surface area contributed by atoms with E-state index in [1.807, 2.05) is 0 Å². The molecular weight excluding hydrogens is 264 g/mol. The molecule has 10 nitrogen and oxygen atoms in total. The van der Waals surface area contributed by atoms with Gasteiger partial charge in [0.05, 0.1) is 0 Å². The van der Waals surface area contributed by atoms with Crippen molar-refractivity contribution in [1.82, 2.24) is 0 Å². The maximum Gasteiger partial charge on any atom is 0.489 e. The molecule has 0 amide bonds. The lowest BCUT2D eigenvalue weighted by molar-refractivity contribution is 0.188. The van der Waals surface area contributed by atoms with Gasteiger partial charge in [-0.3, -0.25) is 0 Å². The molecule has 2 unspecified atom stereocenters. The van der Waals surface area contributed by atoms with E-state index in [4.69, 9.17) is 14.7 Å². The van der Waals surface area contributed by atoms with Crippen LogP contribution in [0.1, 0.15) is 0 Å². The zero-order valence-corrected chi connectivity index (χ0v) is 8.93. The van der Waals surface area contributed by atoms with Crippen LogP contribution in [0, 0.1) is 0 Å². The first-order chi connectivity index (χ1) is 6.12. The summed E-state index contributed by atoms with van der Waals surface area (Å²) in [6, 6.07) is 0. The third-order valence-electron chi connectivity index (χ3n) is 0.844. The molecule has 2 atom stereocenters. The first-order valence-electron chi connectivity index (χ1n) is 2.82. The molecule has 82 valence electrons. The van der Waals surface area contributed by atoms with Crippen molar-refractivity contribution in [3.63, 3.8) is 0 Å². The van der Waals surface area contributed by atoms with Gasteiger partial charge in [-0.05, 0) is 0 Å². The SMILES string of the molecule is O=P1(O)OBOP(=O)(O)OP(=O)(O)O1. The van der Waals surface area contributed by atoms with Crippen LogP contribution in [0.3, 0.4) is 0 Å². The number of rotatable bonds is 0. The minimum absolute atomic E-state index is 1.10. The predicted octanol–water partition coefficient (Wildman–Crippen LogP) is -0.366. The van der Waals surface area contributed by atoms with Crippen LogP contribution in [0.5, 0.6) is 0 Å². The first kappa shape index (κ1) is 12.5. The molecule has 14 heavy (non-hydrogen) atoms. The molecule has 1 rings (SSSR count). The van der Waals surface area contributed by atoms with Crippen molar-refractivity contribution in [2.24, 2.45) is 0 Å². The van der Waals surface area contributed by atoms with Crippen molar-refractivity contribution in [1.29, 1.82) is 0 Å². The van der Waals surface area contributed by atoms with Gasteiger partial charge in [0.2, 0.25) is 0 Å². The number of hydrogen-bond acceptors (Lipinski definition) is 7. The Labute approximate surface area is 77.9 Å². The Balaban J connectivity index is 2.93. The number of phosphoric acid groups is 3. The van der Waals surface area contributed by atoms with Crippen LogP contribution in [0.15, 0.2) is 0 Å². The highest BCUT2D eigenvalue weighted by Gasteiger charge is 2.44. The average molecular weight is 268 g/mol. The Morgan fingerprint density at radius 1 is 0.786 bits per heavy atom. The van der Waals surface area contributed by atoms with Gasteiger partial charge in [0.25, 0.3) is 0 Å². The molecule has 0 bridgehead atoms. The van der Waals surface area contributed by atoms with Gasteiger partial charge in [0.1, 0.15) is 0 Å². The first-order valence-corrected chi connectivity index (χ1v) is 7.31. The van der Waals surface area contributed by atoms with E-state index in [9.17, 15) is 13.7 Å². The fourth-order valence-electron chi connectivity index (χ4n) is 0.480. The summed E-state index contributed by atoms with van der Waals surface area (Å²) in [5.41, 5.74) is 0. The highest BCUT2D eigenvalue weighted by Crippen LogP contribution is 2.69. The topological polar surface area (TPSA) is 149 Å². The molecule has 1 fully saturated rings. The molecule has 0 saturated carbocycles. The van der Waals surface area contributed by atoms with Gasteiger partial charge in [-0.2, -0.15) is 8.62 Å². The Morgan fingerprint density at radius 3 is 1.50 bits per heavy atom. The van der Waals surface area contributed by atoms with E-state index in [-0.39, 0.29) is 0 Å². The molecule has 1 saturated heterocycles. The fraction of sp³-hybridized carbons (Fsp3) is 0. The predicted molar refractivity (Wildman–Crippen MR) is 41.0 cm³/mol. The molecular formula is H4BO10P3. The van der Waals surface area contributed by atoms with E-state index in [2.05, 4.69) is 17.5 Å². The van der Waals surface area contributed by atoms with Gasteiger partial charge in [0.15, 0.2) is 0 Å². The van der Waals surface area contributed by atoms with Gasteiger partial charge in [-0.1, -0.05) is 0 Å². The second-order valence-electron chi connectivity index (χ2n) is 1.95. The van der Waals surface area contributed by atoms with Crippen molar-refractivity contribution < 1.29 is 45.9 Å². The summed E-state index contributed by atoms with van der Waals surface area (Å²) in [7, 11) is -15.9. The van der Waals surface area contributed by atoms with Gasteiger partial charge in [0, 0.05) is 0 Å². The van der Waals surface area contributed by atoms with Crippen LogP contribution in [0.25, 0.3) is 0 Å². The quantitative estimate of drug-likeness (QED) is 0.392. The summed E-state index contributed by atoms with van der Waals surface area (Å²) in [5.74, 6) is 0. The molecule has 0 aliphatic carbocycles. The molecule has 0 radical (unpaired) electrons. The maximum absolute atomic E-state index is 10.7. The fourth-order valence-corrected chi connectivity index (χ4v) is 3.79. The van der Waals surface area contributed by atoms with Crippen LogP contribution in [-0.4, -0.2) is 22.4 Å². The minimum Gasteiger partial charge on any atom is -0.321 e. The third kappa shape index (κ3) is 3.92. The van der Waals surface area contributed by atoms with Gasteiger partial charge >= 0.3 is 31.2 Å². The van der Waals surface area contributed by atoms with E-state index >= 15 is 0 Å². The van der Waals surface area contributed by atoms with Crippen molar-refractivity contribution in [3.8, 4) is 0 Å². The molecule has 14 heteroatoms. The Bertz CT molecular complexity index is 326. The molecule has 1 aliphatic heterocycles. The lowest BCUT2D eigenvalue weighted by Crippen LogP contribution is -2.08. The minimum atomic E-state index is -5.18. The molecule has 1 aliphatic rings. The van der Waals surface area contributed by atoms with E-state index in [1.165, 1.54) is 0 Å². The van der Waals surface area contributed by atoms with Gasteiger partial charge < -0.3 is 23.6 Å². The summed E-state index contributed by atoms with van der Waals surface area (Å²) in [6.45, 7) is 0. The van der Waals surface area contributed by atoms with E-state index < -0.39 is 31.2 Å². The van der Waals surface area contributed by atoms with Crippen molar-refractivity contribution in [2.75, 3.05) is 0 Å². The van der Waals surface area contributed by atoms with Crippen LogP contribution in [0.4, 0.5) is 0 Å². The van der Waals surface area contributed by atoms with Crippen LogP contribution < -0.4 is 0 Å². The van der Waals surface area contributed by atoms with Crippen molar-refractivity contribution in [2.45, 2.75) is 0 Å². The molecule has 0 aromatic carbocycles. The molecule has 3 N–H and O–H groups in total. The highest BCUT2D eigenvalue weighted by molar-refractivity contribution is 7.68. The van der Waals surface area contributed by atoms with Crippen molar-refractivity contribution in [3.05, 3.63) is 0 Å². The lowest BCUT2D eigenvalue weighted by atomic mass is 10.4.